The second-order valence-electron chi connectivity index (χ2n) is 10.2. The first kappa shape index (κ1) is 24.4. The Bertz CT molecular complexity index is 1560. The van der Waals surface area contributed by atoms with Crippen LogP contribution in [0.1, 0.15) is 50.9 Å². The molecule has 8 nitrogen and oxygen atoms in total. The quantitative estimate of drug-likeness (QED) is 0.337. The SMILES string of the molecule is CCCc1cn(-c2ccccc2C(C)(C)C)c(=O)n1Cc1ccc(-c2cnccc2-c2nnn[nH]2)cc1. The van der Waals surface area contributed by atoms with Crippen molar-refractivity contribution in [3.63, 3.8) is 0 Å². The molecular weight excluding hydrogens is 462 g/mol. The van der Waals surface area contributed by atoms with Crippen LogP contribution in [0.3, 0.4) is 0 Å². The van der Waals surface area contributed by atoms with Crippen molar-refractivity contribution in [3.05, 3.63) is 100 Å². The molecule has 0 fully saturated rings. The molecule has 2 aromatic carbocycles. The van der Waals surface area contributed by atoms with E-state index in [1.807, 2.05) is 45.8 Å². The Balaban J connectivity index is 1.50. The second-order valence-corrected chi connectivity index (χ2v) is 10.2. The average Bonchev–Trinajstić information content (AvgIpc) is 3.54. The van der Waals surface area contributed by atoms with Gasteiger partial charge >= 0.3 is 5.69 Å². The first-order valence-electron chi connectivity index (χ1n) is 12.5. The molecule has 5 rings (SSSR count). The lowest BCUT2D eigenvalue weighted by Crippen LogP contribution is -2.26. The summed E-state index contributed by atoms with van der Waals surface area (Å²) in [5, 5.41) is 14.3. The van der Waals surface area contributed by atoms with Crippen molar-refractivity contribution in [2.45, 2.75) is 52.5 Å². The standard InChI is InChI=1S/C29H31N7O/c1-5-8-22-19-36(26-10-7-6-9-25(26)29(2,3)4)28(37)35(22)18-20-11-13-21(14-12-20)24-17-30-16-15-23(24)27-31-33-34-32-27/h6-7,9-17,19H,5,8,18H2,1-4H3,(H,31,32,33,34). The van der Waals surface area contributed by atoms with Gasteiger partial charge in [0.2, 0.25) is 0 Å². The van der Waals surface area contributed by atoms with Gasteiger partial charge in [0.15, 0.2) is 5.82 Å². The van der Waals surface area contributed by atoms with Gasteiger partial charge in [-0.1, -0.05) is 76.6 Å². The van der Waals surface area contributed by atoms with Crippen LogP contribution in [0, 0.1) is 0 Å². The van der Waals surface area contributed by atoms with Crippen LogP contribution < -0.4 is 5.69 Å². The summed E-state index contributed by atoms with van der Waals surface area (Å²) in [5.74, 6) is 0.592. The third-order valence-electron chi connectivity index (χ3n) is 6.57. The van der Waals surface area contributed by atoms with Crippen LogP contribution in [0.5, 0.6) is 0 Å². The number of aromatic amines is 1. The summed E-state index contributed by atoms with van der Waals surface area (Å²) in [6.07, 6.45) is 7.34. The smallest absolute Gasteiger partial charge is 0.292 e. The lowest BCUT2D eigenvalue weighted by molar-refractivity contribution is 0.584. The lowest BCUT2D eigenvalue weighted by atomic mass is 9.86. The monoisotopic (exact) mass is 493 g/mol. The van der Waals surface area contributed by atoms with Gasteiger partial charge in [0.1, 0.15) is 0 Å². The van der Waals surface area contributed by atoms with E-state index in [-0.39, 0.29) is 11.1 Å². The van der Waals surface area contributed by atoms with E-state index in [9.17, 15) is 4.79 Å². The van der Waals surface area contributed by atoms with Gasteiger partial charge in [-0.2, -0.15) is 0 Å². The minimum absolute atomic E-state index is 0.0170. The molecule has 0 aliphatic carbocycles. The van der Waals surface area contributed by atoms with Crippen molar-refractivity contribution >= 4 is 0 Å². The van der Waals surface area contributed by atoms with Gasteiger partial charge in [-0.3, -0.25) is 14.1 Å². The topological polar surface area (TPSA) is 94.3 Å². The molecule has 0 amide bonds. The third-order valence-corrected chi connectivity index (χ3v) is 6.57. The molecule has 0 spiro atoms. The van der Waals surface area contributed by atoms with Crippen LogP contribution in [-0.4, -0.2) is 34.7 Å². The molecule has 3 heterocycles. The number of aromatic nitrogens is 7. The number of nitrogens with one attached hydrogen (secondary N) is 1. The number of para-hydroxylation sites is 1. The molecule has 5 aromatic rings. The minimum atomic E-state index is -0.0776. The molecule has 1 N–H and O–H groups in total. The number of tetrazole rings is 1. The highest BCUT2D eigenvalue weighted by Crippen LogP contribution is 2.30. The van der Waals surface area contributed by atoms with E-state index >= 15 is 0 Å². The Labute approximate surface area is 216 Å². The molecule has 0 radical (unpaired) electrons. The van der Waals surface area contributed by atoms with E-state index in [0.717, 1.165) is 52.0 Å². The summed E-state index contributed by atoms with van der Waals surface area (Å²) in [6, 6.07) is 18.3. The van der Waals surface area contributed by atoms with Gasteiger partial charge in [-0.25, -0.2) is 9.89 Å². The van der Waals surface area contributed by atoms with Crippen LogP contribution in [0.15, 0.2) is 78.0 Å². The van der Waals surface area contributed by atoms with Crippen LogP contribution in [-0.2, 0) is 18.4 Å². The van der Waals surface area contributed by atoms with E-state index in [1.54, 1.807) is 6.20 Å². The fourth-order valence-electron chi connectivity index (χ4n) is 4.72. The molecular formula is C29H31N7O. The maximum absolute atomic E-state index is 13.7. The van der Waals surface area contributed by atoms with E-state index < -0.39 is 0 Å². The van der Waals surface area contributed by atoms with Crippen molar-refractivity contribution in [1.82, 2.24) is 34.7 Å². The maximum Gasteiger partial charge on any atom is 0.333 e. The van der Waals surface area contributed by atoms with Crippen molar-refractivity contribution in [3.8, 4) is 28.2 Å². The van der Waals surface area contributed by atoms with Crippen molar-refractivity contribution in [2.24, 2.45) is 0 Å². The van der Waals surface area contributed by atoms with Crippen LogP contribution in [0.2, 0.25) is 0 Å². The Morgan fingerprint density at radius 3 is 2.46 bits per heavy atom. The molecule has 8 heteroatoms. The third kappa shape index (κ3) is 4.87. The van der Waals surface area contributed by atoms with Gasteiger partial charge in [-0.15, -0.1) is 5.10 Å². The Hall–Kier alpha value is -4.33. The van der Waals surface area contributed by atoms with E-state index in [4.69, 9.17) is 0 Å². The van der Waals surface area contributed by atoms with Crippen molar-refractivity contribution < 1.29 is 0 Å². The first-order valence-corrected chi connectivity index (χ1v) is 12.5. The molecule has 0 aliphatic rings. The number of hydrogen-bond acceptors (Lipinski definition) is 5. The number of imidazole rings is 1. The zero-order valence-corrected chi connectivity index (χ0v) is 21.6. The van der Waals surface area contributed by atoms with E-state index in [0.29, 0.717) is 12.4 Å². The van der Waals surface area contributed by atoms with Gasteiger partial charge in [0.25, 0.3) is 0 Å². The summed E-state index contributed by atoms with van der Waals surface area (Å²) in [5.41, 5.74) is 6.90. The normalized spacial score (nSPS) is 11.7. The molecule has 37 heavy (non-hydrogen) atoms. The zero-order chi connectivity index (χ0) is 26.0. The Morgan fingerprint density at radius 2 is 1.76 bits per heavy atom. The highest BCUT2D eigenvalue weighted by atomic mass is 16.1. The van der Waals surface area contributed by atoms with Crippen molar-refractivity contribution in [1.29, 1.82) is 0 Å². The number of benzene rings is 2. The van der Waals surface area contributed by atoms with Crippen LogP contribution in [0.25, 0.3) is 28.2 Å². The summed E-state index contributed by atoms with van der Waals surface area (Å²) in [7, 11) is 0. The van der Waals surface area contributed by atoms with Crippen LogP contribution >= 0.6 is 0 Å². The molecule has 0 aliphatic heterocycles. The number of aryl methyl sites for hydroxylation is 1. The Morgan fingerprint density at radius 1 is 0.973 bits per heavy atom. The van der Waals surface area contributed by atoms with Gasteiger partial charge in [0.05, 0.1) is 12.2 Å². The molecule has 3 aromatic heterocycles. The van der Waals surface area contributed by atoms with Gasteiger partial charge in [-0.05, 0) is 51.1 Å². The predicted octanol–water partition coefficient (Wildman–Crippen LogP) is 5.18. The fourth-order valence-corrected chi connectivity index (χ4v) is 4.72. The average molecular weight is 494 g/mol. The number of nitrogens with zero attached hydrogens (tertiary/aromatic N) is 6. The Kier molecular flexibility index (Phi) is 6.56. The number of rotatable bonds is 7. The summed E-state index contributed by atoms with van der Waals surface area (Å²) >= 11 is 0. The predicted molar refractivity (Wildman–Crippen MR) is 145 cm³/mol. The fraction of sp³-hybridized carbons (Fsp3) is 0.276. The zero-order valence-electron chi connectivity index (χ0n) is 21.6. The molecule has 0 unspecified atom stereocenters. The van der Waals surface area contributed by atoms with E-state index in [1.165, 1.54) is 0 Å². The van der Waals surface area contributed by atoms with Crippen LogP contribution in [0.4, 0.5) is 0 Å². The van der Waals surface area contributed by atoms with E-state index in [2.05, 4.69) is 83.6 Å². The first-order chi connectivity index (χ1) is 17.9. The highest BCUT2D eigenvalue weighted by molar-refractivity contribution is 5.79. The minimum Gasteiger partial charge on any atom is -0.292 e. The summed E-state index contributed by atoms with van der Waals surface area (Å²) < 4.78 is 3.71. The number of hydrogen-bond donors (Lipinski definition) is 1. The highest BCUT2D eigenvalue weighted by Gasteiger charge is 2.21. The molecule has 188 valence electrons. The molecule has 0 saturated heterocycles. The second kappa shape index (κ2) is 9.97. The molecule has 0 atom stereocenters. The largest absolute Gasteiger partial charge is 0.333 e. The molecule has 0 saturated carbocycles. The summed E-state index contributed by atoms with van der Waals surface area (Å²) in [6.45, 7) is 9.17. The molecule has 0 bridgehead atoms. The lowest BCUT2D eigenvalue weighted by Gasteiger charge is -2.22. The maximum atomic E-state index is 13.7. The summed E-state index contributed by atoms with van der Waals surface area (Å²) in [4.78, 5) is 18.0. The van der Waals surface area contributed by atoms with Crippen molar-refractivity contribution in [2.75, 3.05) is 0 Å². The number of H-pyrrole nitrogens is 1. The van der Waals surface area contributed by atoms with Gasteiger partial charge < -0.3 is 0 Å². The van der Waals surface area contributed by atoms with Gasteiger partial charge in [0, 0.05) is 35.4 Å². The number of pyridine rings is 1.